The maximum atomic E-state index is 12.7. The summed E-state index contributed by atoms with van der Waals surface area (Å²) in [6.45, 7) is 5.66. The molecule has 2 saturated heterocycles. The SMILES string of the molecule is CC(C)(C)OC(=O)N1[C@H]2CC[C@H]1CC(OC1CCC(Oc3ccc(C(F)(F)F)cn3)CC1)C2. The highest BCUT2D eigenvalue weighted by molar-refractivity contribution is 5.69. The molecule has 9 heteroatoms. The molecule has 1 aromatic heterocycles. The van der Waals surface area contributed by atoms with Gasteiger partial charge in [0.25, 0.3) is 0 Å². The molecular formula is C24H33F3N2O4. The van der Waals surface area contributed by atoms with Crippen LogP contribution >= 0.6 is 0 Å². The Balaban J connectivity index is 1.22. The maximum absolute atomic E-state index is 12.7. The molecule has 0 radical (unpaired) electrons. The molecule has 3 fully saturated rings. The lowest BCUT2D eigenvalue weighted by molar-refractivity contribution is -0.137. The van der Waals surface area contributed by atoms with Gasteiger partial charge in [0.2, 0.25) is 5.88 Å². The fourth-order valence-corrected chi connectivity index (χ4v) is 5.20. The van der Waals surface area contributed by atoms with Crippen molar-refractivity contribution < 1.29 is 32.2 Å². The van der Waals surface area contributed by atoms with E-state index in [0.717, 1.165) is 63.6 Å². The Bertz CT molecular complexity index is 802. The molecule has 33 heavy (non-hydrogen) atoms. The molecule has 3 heterocycles. The van der Waals surface area contributed by atoms with Gasteiger partial charge in [0.15, 0.2) is 0 Å². The molecule has 184 valence electrons. The summed E-state index contributed by atoms with van der Waals surface area (Å²) in [6, 6.07) is 2.62. The summed E-state index contributed by atoms with van der Waals surface area (Å²) in [6.07, 6.45) is 3.28. The zero-order valence-corrected chi connectivity index (χ0v) is 19.4. The number of pyridine rings is 1. The first-order valence-electron chi connectivity index (χ1n) is 11.8. The van der Waals surface area contributed by atoms with E-state index in [4.69, 9.17) is 14.2 Å². The molecule has 1 aliphatic carbocycles. The van der Waals surface area contributed by atoms with E-state index in [1.807, 2.05) is 25.7 Å². The predicted molar refractivity (Wildman–Crippen MR) is 115 cm³/mol. The first-order chi connectivity index (χ1) is 15.5. The van der Waals surface area contributed by atoms with Gasteiger partial charge in [-0.2, -0.15) is 13.2 Å². The van der Waals surface area contributed by atoms with Crippen molar-refractivity contribution in [1.29, 1.82) is 0 Å². The number of aromatic nitrogens is 1. The molecule has 1 aromatic rings. The topological polar surface area (TPSA) is 60.9 Å². The number of amides is 1. The maximum Gasteiger partial charge on any atom is 0.417 e. The number of fused-ring (bicyclic) bond motifs is 2. The van der Waals surface area contributed by atoms with Gasteiger partial charge >= 0.3 is 12.3 Å². The van der Waals surface area contributed by atoms with Crippen LogP contribution in [0.25, 0.3) is 0 Å². The number of ether oxygens (including phenoxy) is 3. The average Bonchev–Trinajstić information content (AvgIpc) is 2.99. The number of halogens is 3. The Morgan fingerprint density at radius 3 is 2.06 bits per heavy atom. The summed E-state index contributed by atoms with van der Waals surface area (Å²) in [5.41, 5.74) is -1.28. The normalized spacial score (nSPS) is 30.2. The van der Waals surface area contributed by atoms with Gasteiger partial charge in [-0.25, -0.2) is 9.78 Å². The van der Waals surface area contributed by atoms with E-state index in [2.05, 4.69) is 4.98 Å². The highest BCUT2D eigenvalue weighted by Crippen LogP contribution is 2.39. The molecule has 1 amide bonds. The lowest BCUT2D eigenvalue weighted by Crippen LogP contribution is -2.50. The van der Waals surface area contributed by atoms with Crippen LogP contribution in [0.5, 0.6) is 5.88 Å². The van der Waals surface area contributed by atoms with Crippen molar-refractivity contribution in [3.8, 4) is 5.88 Å². The summed E-state index contributed by atoms with van der Waals surface area (Å²) in [5.74, 6) is 0.221. The molecule has 2 atom stereocenters. The van der Waals surface area contributed by atoms with Crippen molar-refractivity contribution in [2.24, 2.45) is 0 Å². The van der Waals surface area contributed by atoms with Crippen LogP contribution in [0.1, 0.15) is 77.7 Å². The van der Waals surface area contributed by atoms with Crippen molar-refractivity contribution in [3.63, 3.8) is 0 Å². The lowest BCUT2D eigenvalue weighted by atomic mass is 9.93. The third kappa shape index (κ3) is 6.11. The third-order valence-electron chi connectivity index (χ3n) is 6.65. The molecule has 3 aliphatic rings. The minimum Gasteiger partial charge on any atom is -0.474 e. The van der Waals surface area contributed by atoms with Gasteiger partial charge in [-0.05, 0) is 78.2 Å². The standard InChI is InChI=1S/C24H33F3N2O4/c1-23(2,3)33-22(30)29-16-5-6-17(29)13-20(12-16)31-18-7-9-19(10-8-18)32-21-11-4-15(14-28-21)24(25,26)27/h4,11,14,16-20H,5-10,12-13H2,1-3H3/t16-,17-,18?,19?/m0/s1. The number of nitrogens with zero attached hydrogens (tertiary/aromatic N) is 2. The molecule has 6 nitrogen and oxygen atoms in total. The van der Waals surface area contributed by atoms with Gasteiger partial charge in [0.05, 0.1) is 17.8 Å². The second-order valence-electron chi connectivity index (χ2n) is 10.4. The Labute approximate surface area is 192 Å². The molecule has 0 N–H and O–H groups in total. The zero-order valence-electron chi connectivity index (χ0n) is 19.4. The third-order valence-corrected chi connectivity index (χ3v) is 6.65. The summed E-state index contributed by atoms with van der Waals surface area (Å²) in [4.78, 5) is 18.3. The molecule has 2 bridgehead atoms. The fourth-order valence-electron chi connectivity index (χ4n) is 5.20. The molecule has 2 aliphatic heterocycles. The van der Waals surface area contributed by atoms with E-state index >= 15 is 0 Å². The molecule has 0 aromatic carbocycles. The van der Waals surface area contributed by atoms with E-state index in [-0.39, 0.29) is 42.4 Å². The van der Waals surface area contributed by atoms with Crippen molar-refractivity contribution in [1.82, 2.24) is 9.88 Å². The number of alkyl halides is 3. The van der Waals surface area contributed by atoms with Crippen molar-refractivity contribution >= 4 is 6.09 Å². The van der Waals surface area contributed by atoms with Crippen LogP contribution in [0.15, 0.2) is 18.3 Å². The first-order valence-corrected chi connectivity index (χ1v) is 11.8. The molecule has 4 rings (SSSR count). The van der Waals surface area contributed by atoms with Crippen LogP contribution in [0.4, 0.5) is 18.0 Å². The largest absolute Gasteiger partial charge is 0.474 e. The fraction of sp³-hybridized carbons (Fsp3) is 0.750. The number of hydrogen-bond donors (Lipinski definition) is 0. The van der Waals surface area contributed by atoms with Crippen LogP contribution < -0.4 is 4.74 Å². The first kappa shape index (κ1) is 24.1. The van der Waals surface area contributed by atoms with Gasteiger partial charge in [0, 0.05) is 24.3 Å². The quantitative estimate of drug-likeness (QED) is 0.562. The second-order valence-corrected chi connectivity index (χ2v) is 10.4. The van der Waals surface area contributed by atoms with Crippen LogP contribution in [-0.4, -0.2) is 52.0 Å². The Morgan fingerprint density at radius 1 is 0.939 bits per heavy atom. The summed E-state index contributed by atoms with van der Waals surface area (Å²) < 4.78 is 55.8. The Hall–Kier alpha value is -2.03. The molecule has 1 saturated carbocycles. The number of rotatable bonds is 4. The summed E-state index contributed by atoms with van der Waals surface area (Å²) >= 11 is 0. The number of piperidine rings is 1. The Kier molecular flexibility index (Phi) is 6.80. The second kappa shape index (κ2) is 9.31. The Morgan fingerprint density at radius 2 is 1.55 bits per heavy atom. The van der Waals surface area contributed by atoms with E-state index < -0.39 is 17.3 Å². The van der Waals surface area contributed by atoms with Crippen molar-refractivity contribution in [2.75, 3.05) is 0 Å². The highest BCUT2D eigenvalue weighted by Gasteiger charge is 2.45. The number of carbonyl (C=O) groups excluding carboxylic acids is 1. The minimum atomic E-state index is -4.40. The number of hydrogen-bond acceptors (Lipinski definition) is 5. The lowest BCUT2D eigenvalue weighted by Gasteiger charge is -2.41. The number of carbonyl (C=O) groups is 1. The summed E-state index contributed by atoms with van der Waals surface area (Å²) in [7, 11) is 0. The smallest absolute Gasteiger partial charge is 0.417 e. The minimum absolute atomic E-state index is 0.0701. The van der Waals surface area contributed by atoms with Gasteiger partial charge in [-0.3, -0.25) is 0 Å². The monoisotopic (exact) mass is 470 g/mol. The summed E-state index contributed by atoms with van der Waals surface area (Å²) in [5, 5.41) is 0. The van der Waals surface area contributed by atoms with E-state index in [0.29, 0.717) is 0 Å². The molecule has 0 unspecified atom stereocenters. The van der Waals surface area contributed by atoms with Crippen molar-refractivity contribution in [3.05, 3.63) is 23.9 Å². The predicted octanol–water partition coefficient (Wildman–Crippen LogP) is 5.74. The van der Waals surface area contributed by atoms with Crippen LogP contribution in [0.3, 0.4) is 0 Å². The van der Waals surface area contributed by atoms with Gasteiger partial charge in [-0.15, -0.1) is 0 Å². The molecular weight excluding hydrogens is 437 g/mol. The van der Waals surface area contributed by atoms with Crippen molar-refractivity contribution in [2.45, 2.75) is 114 Å². The molecule has 0 spiro atoms. The van der Waals surface area contributed by atoms with Gasteiger partial charge in [-0.1, -0.05) is 0 Å². The van der Waals surface area contributed by atoms with Crippen LogP contribution in [-0.2, 0) is 15.7 Å². The zero-order chi connectivity index (χ0) is 23.8. The van der Waals surface area contributed by atoms with Crippen LogP contribution in [0, 0.1) is 0 Å². The average molecular weight is 471 g/mol. The van der Waals surface area contributed by atoms with Gasteiger partial charge < -0.3 is 19.1 Å². The van der Waals surface area contributed by atoms with E-state index in [9.17, 15) is 18.0 Å². The van der Waals surface area contributed by atoms with Gasteiger partial charge in [0.1, 0.15) is 11.7 Å². The van der Waals surface area contributed by atoms with E-state index in [1.54, 1.807) is 0 Å². The highest BCUT2D eigenvalue weighted by atomic mass is 19.4. The van der Waals surface area contributed by atoms with Crippen LogP contribution in [0.2, 0.25) is 0 Å². The van der Waals surface area contributed by atoms with E-state index in [1.165, 1.54) is 6.07 Å².